The van der Waals surface area contributed by atoms with Crippen LogP contribution in [0.2, 0.25) is 5.02 Å². The Hall–Kier alpha value is -2.46. The summed E-state index contributed by atoms with van der Waals surface area (Å²) in [7, 11) is 0. The average molecular weight is 356 g/mol. The minimum absolute atomic E-state index is 0.346. The summed E-state index contributed by atoms with van der Waals surface area (Å²) in [6, 6.07) is 11.6. The summed E-state index contributed by atoms with van der Waals surface area (Å²) in [6.07, 6.45) is 0.736. The number of rotatable bonds is 2. The van der Waals surface area contributed by atoms with Crippen LogP contribution in [0.5, 0.6) is 5.75 Å². The van der Waals surface area contributed by atoms with E-state index in [2.05, 4.69) is 36.1 Å². The number of anilines is 1. The number of ether oxygens (including phenoxy) is 1. The highest BCUT2D eigenvalue weighted by Gasteiger charge is 2.25. The fourth-order valence-corrected chi connectivity index (χ4v) is 3.54. The Balaban J connectivity index is 1.87. The first kappa shape index (κ1) is 16.0. The van der Waals surface area contributed by atoms with Crippen molar-refractivity contribution in [3.05, 3.63) is 68.5 Å². The largest absolute Gasteiger partial charge is 0.471 e. The van der Waals surface area contributed by atoms with E-state index in [0.717, 1.165) is 28.6 Å². The van der Waals surface area contributed by atoms with Gasteiger partial charge in [-0.2, -0.15) is 0 Å². The van der Waals surface area contributed by atoms with Crippen LogP contribution in [0.3, 0.4) is 0 Å². The first-order chi connectivity index (χ1) is 12.1. The molecule has 0 radical (unpaired) electrons. The fourth-order valence-electron chi connectivity index (χ4n) is 3.27. The molecule has 3 aromatic rings. The number of nitrogens with zero attached hydrogens (tertiary/aromatic N) is 1. The lowest BCUT2D eigenvalue weighted by Gasteiger charge is -2.31. The molecule has 0 fully saturated rings. The van der Waals surface area contributed by atoms with Crippen molar-refractivity contribution >= 4 is 28.3 Å². The van der Waals surface area contributed by atoms with E-state index in [9.17, 15) is 4.79 Å². The molecule has 0 saturated carbocycles. The number of hydrogen-bond acceptors (Lipinski definition) is 4. The Kier molecular flexibility index (Phi) is 3.92. The molecular weight excluding hydrogens is 338 g/mol. The van der Waals surface area contributed by atoms with Crippen molar-refractivity contribution in [1.29, 1.82) is 0 Å². The molecule has 0 aliphatic carbocycles. The van der Waals surface area contributed by atoms with Gasteiger partial charge in [0.15, 0.2) is 6.73 Å². The fraction of sp³-hybridized carbons (Fsp3) is 0.250. The van der Waals surface area contributed by atoms with Crippen LogP contribution in [0.1, 0.15) is 23.6 Å². The van der Waals surface area contributed by atoms with Gasteiger partial charge in [-0.3, -0.25) is 0 Å². The van der Waals surface area contributed by atoms with Crippen molar-refractivity contribution in [3.63, 3.8) is 0 Å². The second-order valence-corrected chi connectivity index (χ2v) is 6.70. The van der Waals surface area contributed by atoms with E-state index in [0.29, 0.717) is 29.6 Å². The van der Waals surface area contributed by atoms with Crippen LogP contribution < -0.4 is 15.3 Å². The van der Waals surface area contributed by atoms with Crippen LogP contribution in [-0.4, -0.2) is 6.73 Å². The lowest BCUT2D eigenvalue weighted by molar-refractivity contribution is 0.289. The van der Waals surface area contributed by atoms with Crippen molar-refractivity contribution in [3.8, 4) is 5.75 Å². The third kappa shape index (κ3) is 2.76. The van der Waals surface area contributed by atoms with Gasteiger partial charge in [-0.1, -0.05) is 36.2 Å². The van der Waals surface area contributed by atoms with E-state index >= 15 is 0 Å². The Morgan fingerprint density at radius 1 is 1.20 bits per heavy atom. The molecule has 25 heavy (non-hydrogen) atoms. The first-order valence-electron chi connectivity index (χ1n) is 8.29. The highest BCUT2D eigenvalue weighted by Crippen LogP contribution is 2.40. The molecular formula is C20H18ClNO3. The maximum atomic E-state index is 12.0. The molecule has 4 nitrogen and oxygen atoms in total. The van der Waals surface area contributed by atoms with Crippen molar-refractivity contribution in [2.45, 2.75) is 26.8 Å². The second kappa shape index (κ2) is 6.12. The molecule has 1 aliphatic heterocycles. The molecule has 0 unspecified atom stereocenters. The normalized spacial score (nSPS) is 13.6. The lowest BCUT2D eigenvalue weighted by Crippen LogP contribution is -2.32. The molecule has 2 heterocycles. The molecule has 1 aliphatic rings. The van der Waals surface area contributed by atoms with Gasteiger partial charge in [0.05, 0.1) is 17.1 Å². The summed E-state index contributed by atoms with van der Waals surface area (Å²) >= 11 is 6.44. The maximum Gasteiger partial charge on any atom is 0.336 e. The van der Waals surface area contributed by atoms with Gasteiger partial charge in [-0.05, 0) is 37.1 Å². The van der Waals surface area contributed by atoms with Gasteiger partial charge in [0.25, 0.3) is 0 Å². The quantitative estimate of drug-likeness (QED) is 0.626. The number of aryl methyl sites for hydroxylation is 2. The average Bonchev–Trinajstić information content (AvgIpc) is 2.62. The highest BCUT2D eigenvalue weighted by molar-refractivity contribution is 6.33. The number of hydrogen-bond donors (Lipinski definition) is 0. The van der Waals surface area contributed by atoms with Gasteiger partial charge in [0.2, 0.25) is 0 Å². The van der Waals surface area contributed by atoms with Crippen LogP contribution >= 0.6 is 11.6 Å². The van der Waals surface area contributed by atoms with Crippen LogP contribution in [0.4, 0.5) is 5.69 Å². The summed E-state index contributed by atoms with van der Waals surface area (Å²) in [6.45, 7) is 5.04. The van der Waals surface area contributed by atoms with Gasteiger partial charge in [0, 0.05) is 17.1 Å². The molecule has 1 aromatic heterocycles. The minimum atomic E-state index is -0.346. The predicted octanol–water partition coefficient (Wildman–Crippen LogP) is 4.67. The third-order valence-electron chi connectivity index (χ3n) is 4.62. The topological polar surface area (TPSA) is 42.7 Å². The zero-order valence-electron chi connectivity index (χ0n) is 14.1. The summed E-state index contributed by atoms with van der Waals surface area (Å²) in [5, 5.41) is 1.43. The monoisotopic (exact) mass is 355 g/mol. The van der Waals surface area contributed by atoms with Gasteiger partial charge in [-0.15, -0.1) is 0 Å². The third-order valence-corrected chi connectivity index (χ3v) is 4.90. The predicted molar refractivity (Wildman–Crippen MR) is 99.7 cm³/mol. The van der Waals surface area contributed by atoms with Crippen molar-refractivity contribution in [2.75, 3.05) is 11.6 Å². The van der Waals surface area contributed by atoms with E-state index in [1.165, 1.54) is 11.6 Å². The number of fused-ring (bicyclic) bond motifs is 3. The van der Waals surface area contributed by atoms with E-state index in [-0.39, 0.29) is 5.63 Å². The standard InChI is InChI=1S/C20H18ClNO3/c1-3-13-8-18(23)25-19-15(13)9-17(21)20-16(19)10-22(11-24-20)14-6-4-12(2)5-7-14/h4-9H,3,10-11H2,1-2H3. The lowest BCUT2D eigenvalue weighted by atomic mass is 10.0. The Labute approximate surface area is 150 Å². The van der Waals surface area contributed by atoms with Crippen molar-refractivity contribution in [1.82, 2.24) is 0 Å². The highest BCUT2D eigenvalue weighted by atomic mass is 35.5. The summed E-state index contributed by atoms with van der Waals surface area (Å²) < 4.78 is 11.4. The molecule has 0 amide bonds. The van der Waals surface area contributed by atoms with Gasteiger partial charge in [-0.25, -0.2) is 4.79 Å². The van der Waals surface area contributed by atoms with Gasteiger partial charge < -0.3 is 14.1 Å². The maximum absolute atomic E-state index is 12.0. The molecule has 2 aromatic carbocycles. The zero-order valence-corrected chi connectivity index (χ0v) is 14.9. The van der Waals surface area contributed by atoms with Crippen LogP contribution in [0, 0.1) is 6.92 Å². The molecule has 0 saturated heterocycles. The van der Waals surface area contributed by atoms with Crippen LogP contribution in [0.15, 0.2) is 45.6 Å². The van der Waals surface area contributed by atoms with Crippen molar-refractivity contribution < 1.29 is 9.15 Å². The molecule has 0 bridgehead atoms. The number of benzene rings is 2. The van der Waals surface area contributed by atoms with Crippen LogP contribution in [0.25, 0.3) is 11.0 Å². The molecule has 128 valence electrons. The number of halogens is 1. The summed E-state index contributed by atoms with van der Waals surface area (Å²) in [4.78, 5) is 14.1. The summed E-state index contributed by atoms with van der Waals surface area (Å²) in [5.41, 5.74) is 4.24. The van der Waals surface area contributed by atoms with E-state index in [1.54, 1.807) is 0 Å². The Bertz CT molecular complexity index is 1010. The summed E-state index contributed by atoms with van der Waals surface area (Å²) in [5.74, 6) is 0.605. The van der Waals surface area contributed by atoms with E-state index in [1.807, 2.05) is 13.0 Å². The first-order valence-corrected chi connectivity index (χ1v) is 8.67. The van der Waals surface area contributed by atoms with E-state index < -0.39 is 0 Å². The molecule has 5 heteroatoms. The van der Waals surface area contributed by atoms with Gasteiger partial charge in [0.1, 0.15) is 11.3 Å². The smallest absolute Gasteiger partial charge is 0.336 e. The molecule has 0 N–H and O–H groups in total. The van der Waals surface area contributed by atoms with E-state index in [4.69, 9.17) is 20.8 Å². The van der Waals surface area contributed by atoms with Crippen LogP contribution in [-0.2, 0) is 13.0 Å². The Morgan fingerprint density at radius 3 is 2.68 bits per heavy atom. The molecule has 4 rings (SSSR count). The zero-order chi connectivity index (χ0) is 17.6. The molecule has 0 atom stereocenters. The SMILES string of the molecule is CCc1cc(=O)oc2c3c(c(Cl)cc12)OCN(c1ccc(C)cc1)C3. The minimum Gasteiger partial charge on any atom is -0.471 e. The van der Waals surface area contributed by atoms with Crippen molar-refractivity contribution in [2.24, 2.45) is 0 Å². The second-order valence-electron chi connectivity index (χ2n) is 6.29. The Morgan fingerprint density at radius 2 is 1.96 bits per heavy atom. The molecule has 0 spiro atoms. The van der Waals surface area contributed by atoms with Gasteiger partial charge >= 0.3 is 5.63 Å².